The first-order valence-corrected chi connectivity index (χ1v) is 9.60. The van der Waals surface area contributed by atoms with E-state index < -0.39 is 5.91 Å². The van der Waals surface area contributed by atoms with E-state index in [1.165, 1.54) is 0 Å². The van der Waals surface area contributed by atoms with Crippen LogP contribution in [-0.2, 0) is 11.3 Å². The molecule has 4 rings (SSSR count). The Morgan fingerprint density at radius 2 is 1.87 bits per heavy atom. The molecule has 0 spiro atoms. The molecule has 1 aliphatic heterocycles. The molecular weight excluding hydrogens is 386 g/mol. The third-order valence-corrected chi connectivity index (χ3v) is 4.75. The van der Waals surface area contributed by atoms with Gasteiger partial charge < -0.3 is 24.2 Å². The molecule has 1 aromatic heterocycles. The standard InChI is InChI=1S/C22H21N3O5/c1-2-25(13-15-8-9-18-20(10-15)29-14-28-18)21(26)12-23-22(27)17-11-19(30-24-17)16-6-4-3-5-7-16/h3-11H,2,12-14H2,1H3,(H,23,27). The molecule has 2 heterocycles. The van der Waals surface area contributed by atoms with Crippen LogP contribution in [0.15, 0.2) is 59.1 Å². The summed E-state index contributed by atoms with van der Waals surface area (Å²) in [6.07, 6.45) is 0. The number of carbonyl (C=O) groups excluding carboxylic acids is 2. The van der Waals surface area contributed by atoms with Gasteiger partial charge in [-0.3, -0.25) is 9.59 Å². The van der Waals surface area contributed by atoms with E-state index in [0.717, 1.165) is 11.1 Å². The Balaban J connectivity index is 1.34. The monoisotopic (exact) mass is 407 g/mol. The maximum Gasteiger partial charge on any atom is 0.273 e. The average molecular weight is 407 g/mol. The van der Waals surface area contributed by atoms with Crippen LogP contribution in [0.25, 0.3) is 11.3 Å². The van der Waals surface area contributed by atoms with E-state index in [0.29, 0.717) is 30.3 Å². The number of rotatable bonds is 7. The minimum absolute atomic E-state index is 0.125. The second-order valence-electron chi connectivity index (χ2n) is 6.72. The van der Waals surface area contributed by atoms with Gasteiger partial charge in [0.1, 0.15) is 0 Å². The van der Waals surface area contributed by atoms with Crippen LogP contribution < -0.4 is 14.8 Å². The molecule has 30 heavy (non-hydrogen) atoms. The number of hydrogen-bond acceptors (Lipinski definition) is 6. The molecule has 8 nitrogen and oxygen atoms in total. The fraction of sp³-hybridized carbons (Fsp3) is 0.227. The summed E-state index contributed by atoms with van der Waals surface area (Å²) in [5, 5.41) is 6.41. The topological polar surface area (TPSA) is 93.9 Å². The number of aromatic nitrogens is 1. The summed E-state index contributed by atoms with van der Waals surface area (Å²) in [4.78, 5) is 26.6. The first-order valence-electron chi connectivity index (χ1n) is 9.60. The fourth-order valence-corrected chi connectivity index (χ4v) is 3.11. The average Bonchev–Trinajstić information content (AvgIpc) is 3.45. The minimum Gasteiger partial charge on any atom is -0.454 e. The number of nitrogens with zero attached hydrogens (tertiary/aromatic N) is 2. The Hall–Kier alpha value is -3.81. The Labute approximate surface area is 173 Å². The van der Waals surface area contributed by atoms with Gasteiger partial charge >= 0.3 is 0 Å². The summed E-state index contributed by atoms with van der Waals surface area (Å²) in [6.45, 7) is 2.87. The van der Waals surface area contributed by atoms with Gasteiger partial charge in [-0.05, 0) is 24.6 Å². The first kappa shape index (κ1) is 19.5. The van der Waals surface area contributed by atoms with Crippen LogP contribution in [0.3, 0.4) is 0 Å². The molecule has 2 aromatic carbocycles. The molecule has 0 radical (unpaired) electrons. The minimum atomic E-state index is -0.464. The summed E-state index contributed by atoms with van der Waals surface area (Å²) in [6, 6.07) is 16.5. The number of nitrogens with one attached hydrogen (secondary N) is 1. The van der Waals surface area contributed by atoms with Gasteiger partial charge in [0.15, 0.2) is 23.0 Å². The SMILES string of the molecule is CCN(Cc1ccc2c(c1)OCO2)C(=O)CNC(=O)c1cc(-c2ccccc2)on1. The Bertz CT molecular complexity index is 1050. The van der Waals surface area contributed by atoms with Crippen LogP contribution in [-0.4, -0.2) is 41.8 Å². The largest absolute Gasteiger partial charge is 0.454 e. The lowest BCUT2D eigenvalue weighted by molar-refractivity contribution is -0.130. The van der Waals surface area contributed by atoms with Crippen molar-refractivity contribution in [2.45, 2.75) is 13.5 Å². The van der Waals surface area contributed by atoms with Gasteiger partial charge in [-0.2, -0.15) is 0 Å². The summed E-state index contributed by atoms with van der Waals surface area (Å²) in [5.74, 6) is 1.20. The Morgan fingerprint density at radius 1 is 1.07 bits per heavy atom. The molecule has 2 amide bonds. The number of carbonyl (C=O) groups is 2. The third-order valence-electron chi connectivity index (χ3n) is 4.75. The zero-order valence-electron chi connectivity index (χ0n) is 16.5. The van der Waals surface area contributed by atoms with Crippen LogP contribution in [0.1, 0.15) is 23.0 Å². The van der Waals surface area contributed by atoms with Crippen molar-refractivity contribution in [2.24, 2.45) is 0 Å². The number of benzene rings is 2. The molecule has 154 valence electrons. The quantitative estimate of drug-likeness (QED) is 0.647. The van der Waals surface area contributed by atoms with Crippen molar-refractivity contribution in [3.8, 4) is 22.8 Å². The normalized spacial score (nSPS) is 11.9. The lowest BCUT2D eigenvalue weighted by atomic mass is 10.1. The second kappa shape index (κ2) is 8.69. The van der Waals surface area contributed by atoms with E-state index in [1.807, 2.05) is 55.5 Å². The number of fused-ring (bicyclic) bond motifs is 1. The third kappa shape index (κ3) is 4.27. The maximum absolute atomic E-state index is 12.6. The van der Waals surface area contributed by atoms with Crippen molar-refractivity contribution >= 4 is 11.8 Å². The van der Waals surface area contributed by atoms with Crippen LogP contribution in [0, 0.1) is 0 Å². The van der Waals surface area contributed by atoms with Gasteiger partial charge in [-0.1, -0.05) is 41.6 Å². The van der Waals surface area contributed by atoms with Gasteiger partial charge in [0.25, 0.3) is 5.91 Å². The second-order valence-corrected chi connectivity index (χ2v) is 6.72. The molecule has 1 N–H and O–H groups in total. The summed E-state index contributed by atoms with van der Waals surface area (Å²) < 4.78 is 15.9. The van der Waals surface area contributed by atoms with E-state index in [4.69, 9.17) is 14.0 Å². The molecule has 8 heteroatoms. The van der Waals surface area contributed by atoms with Gasteiger partial charge in [0.2, 0.25) is 12.7 Å². The van der Waals surface area contributed by atoms with E-state index in [-0.39, 0.29) is 24.9 Å². The fourth-order valence-electron chi connectivity index (χ4n) is 3.11. The first-order chi connectivity index (χ1) is 14.6. The Kier molecular flexibility index (Phi) is 5.65. The molecule has 0 saturated heterocycles. The van der Waals surface area contributed by atoms with Gasteiger partial charge in [0.05, 0.1) is 6.54 Å². The van der Waals surface area contributed by atoms with Crippen LogP contribution in [0.4, 0.5) is 0 Å². The van der Waals surface area contributed by atoms with Crippen molar-refractivity contribution in [1.82, 2.24) is 15.4 Å². The van der Waals surface area contributed by atoms with E-state index in [9.17, 15) is 9.59 Å². The van der Waals surface area contributed by atoms with Crippen molar-refractivity contribution in [1.29, 1.82) is 0 Å². The van der Waals surface area contributed by atoms with E-state index in [1.54, 1.807) is 11.0 Å². The molecule has 0 atom stereocenters. The Morgan fingerprint density at radius 3 is 2.67 bits per heavy atom. The van der Waals surface area contributed by atoms with Crippen LogP contribution in [0.5, 0.6) is 11.5 Å². The highest BCUT2D eigenvalue weighted by Crippen LogP contribution is 2.32. The highest BCUT2D eigenvalue weighted by atomic mass is 16.7. The smallest absolute Gasteiger partial charge is 0.273 e. The summed E-state index contributed by atoms with van der Waals surface area (Å²) in [5.41, 5.74) is 1.87. The molecule has 1 aliphatic rings. The zero-order valence-corrected chi connectivity index (χ0v) is 16.5. The molecule has 0 saturated carbocycles. The van der Waals surface area contributed by atoms with Gasteiger partial charge in [-0.25, -0.2) is 0 Å². The van der Waals surface area contributed by atoms with E-state index in [2.05, 4.69) is 10.5 Å². The zero-order chi connectivity index (χ0) is 20.9. The highest BCUT2D eigenvalue weighted by Gasteiger charge is 2.19. The van der Waals surface area contributed by atoms with Crippen LogP contribution in [0.2, 0.25) is 0 Å². The molecular formula is C22H21N3O5. The van der Waals surface area contributed by atoms with Crippen molar-refractivity contribution < 1.29 is 23.6 Å². The number of amides is 2. The molecule has 0 bridgehead atoms. The number of likely N-dealkylation sites (N-methyl/N-ethyl adjacent to an activating group) is 1. The maximum atomic E-state index is 12.6. The lowest BCUT2D eigenvalue weighted by Crippen LogP contribution is -2.39. The molecule has 0 unspecified atom stereocenters. The van der Waals surface area contributed by atoms with Crippen molar-refractivity contribution in [3.63, 3.8) is 0 Å². The predicted octanol–water partition coefficient (Wildman–Crippen LogP) is 2.85. The highest BCUT2D eigenvalue weighted by molar-refractivity contribution is 5.95. The number of hydrogen-bond donors (Lipinski definition) is 1. The van der Waals surface area contributed by atoms with Gasteiger partial charge in [0, 0.05) is 24.7 Å². The van der Waals surface area contributed by atoms with Gasteiger partial charge in [-0.15, -0.1) is 0 Å². The lowest BCUT2D eigenvalue weighted by Gasteiger charge is -2.21. The predicted molar refractivity (Wildman–Crippen MR) is 108 cm³/mol. The molecule has 0 fully saturated rings. The number of ether oxygens (including phenoxy) is 2. The van der Waals surface area contributed by atoms with Crippen molar-refractivity contribution in [2.75, 3.05) is 19.9 Å². The summed E-state index contributed by atoms with van der Waals surface area (Å²) >= 11 is 0. The van der Waals surface area contributed by atoms with E-state index >= 15 is 0 Å². The molecule has 3 aromatic rings. The summed E-state index contributed by atoms with van der Waals surface area (Å²) in [7, 11) is 0. The van der Waals surface area contributed by atoms with Crippen LogP contribution >= 0.6 is 0 Å². The molecule has 0 aliphatic carbocycles. The van der Waals surface area contributed by atoms with Crippen molar-refractivity contribution in [3.05, 3.63) is 65.9 Å².